The number of hydrogen-bond donors (Lipinski definition) is 1. The number of aryl methyl sites for hydroxylation is 1. The lowest BCUT2D eigenvalue weighted by molar-refractivity contribution is -0.137. The smallest absolute Gasteiger partial charge is 0.326 e. The number of nitrogens with one attached hydrogen (secondary N) is 1. The van der Waals surface area contributed by atoms with Crippen molar-refractivity contribution in [1.29, 1.82) is 0 Å². The summed E-state index contributed by atoms with van der Waals surface area (Å²) in [7, 11) is -3.76. The Labute approximate surface area is 178 Å². The van der Waals surface area contributed by atoms with Crippen molar-refractivity contribution in [3.05, 3.63) is 53.6 Å². The van der Waals surface area contributed by atoms with E-state index in [1.165, 1.54) is 19.1 Å². The zero-order valence-electron chi connectivity index (χ0n) is 16.7. The van der Waals surface area contributed by atoms with Crippen LogP contribution in [0.2, 0.25) is 0 Å². The number of nitrogens with zero attached hydrogens (tertiary/aromatic N) is 1. The van der Waals surface area contributed by atoms with Gasteiger partial charge in [-0.1, -0.05) is 0 Å². The molecule has 0 atom stereocenters. The maximum absolute atomic E-state index is 12.7. The average molecular weight is 454 g/mol. The molecule has 0 saturated heterocycles. The lowest BCUT2D eigenvalue weighted by Gasteiger charge is -2.28. The number of anilines is 2. The van der Waals surface area contributed by atoms with Gasteiger partial charge < -0.3 is 10.2 Å². The van der Waals surface area contributed by atoms with E-state index in [9.17, 15) is 31.2 Å². The van der Waals surface area contributed by atoms with Crippen molar-refractivity contribution >= 4 is 33.0 Å². The number of carbonyl (C=O) groups excluding carboxylic acids is 2. The summed E-state index contributed by atoms with van der Waals surface area (Å²) in [5.74, 6) is -1.19. The van der Waals surface area contributed by atoms with E-state index < -0.39 is 33.2 Å². The molecule has 0 bridgehead atoms. The molecule has 1 heterocycles. The van der Waals surface area contributed by atoms with Gasteiger partial charge in [-0.2, -0.15) is 13.2 Å². The Morgan fingerprint density at radius 2 is 1.77 bits per heavy atom. The highest BCUT2D eigenvalue weighted by molar-refractivity contribution is 7.91. The second-order valence-electron chi connectivity index (χ2n) is 7.26. The largest absolute Gasteiger partial charge is 0.416 e. The van der Waals surface area contributed by atoms with Crippen molar-refractivity contribution in [2.75, 3.05) is 22.5 Å². The van der Waals surface area contributed by atoms with E-state index in [1.807, 2.05) is 0 Å². The molecule has 0 radical (unpaired) electrons. The van der Waals surface area contributed by atoms with Crippen LogP contribution in [-0.2, 0) is 32.0 Å². The standard InChI is InChI=1S/C21H21F3N2O4S/c1-14(27)26-11-2-3-15-13-18(8-9-19(15)26)31(29,30)12-10-20(28)25-17-6-4-16(5-7-17)21(22,23)24/h4-9,13H,2-3,10-12H2,1H3,(H,25,28). The third-order valence-electron chi connectivity index (χ3n) is 5.00. The van der Waals surface area contributed by atoms with Crippen LogP contribution in [0.5, 0.6) is 0 Å². The number of carbonyl (C=O) groups is 2. The molecule has 6 nitrogen and oxygen atoms in total. The first-order valence-corrected chi connectivity index (χ1v) is 11.2. The number of sulfone groups is 1. The summed E-state index contributed by atoms with van der Waals surface area (Å²) in [5.41, 5.74) is 0.756. The molecule has 1 aliphatic heterocycles. The van der Waals surface area contributed by atoms with E-state index >= 15 is 0 Å². The van der Waals surface area contributed by atoms with Crippen LogP contribution in [0.3, 0.4) is 0 Å². The molecule has 0 aliphatic carbocycles. The van der Waals surface area contributed by atoms with Crippen LogP contribution < -0.4 is 10.2 Å². The zero-order chi connectivity index (χ0) is 22.8. The fraction of sp³-hybridized carbons (Fsp3) is 0.333. The van der Waals surface area contributed by atoms with Crippen LogP contribution >= 0.6 is 0 Å². The van der Waals surface area contributed by atoms with Crippen LogP contribution in [0.15, 0.2) is 47.4 Å². The number of hydrogen-bond acceptors (Lipinski definition) is 4. The Hall–Kier alpha value is -2.88. The lowest BCUT2D eigenvalue weighted by Crippen LogP contribution is -2.33. The van der Waals surface area contributed by atoms with Crippen molar-refractivity contribution in [2.24, 2.45) is 0 Å². The molecule has 10 heteroatoms. The summed E-state index contributed by atoms with van der Waals surface area (Å²) in [6, 6.07) is 8.45. The van der Waals surface area contributed by atoms with Gasteiger partial charge in [-0.3, -0.25) is 9.59 Å². The van der Waals surface area contributed by atoms with Gasteiger partial charge >= 0.3 is 6.18 Å². The molecule has 3 rings (SSSR count). The highest BCUT2D eigenvalue weighted by atomic mass is 32.2. The van der Waals surface area contributed by atoms with Gasteiger partial charge in [0, 0.05) is 31.3 Å². The van der Waals surface area contributed by atoms with Crippen LogP contribution in [0.25, 0.3) is 0 Å². The quantitative estimate of drug-likeness (QED) is 0.745. The highest BCUT2D eigenvalue weighted by Gasteiger charge is 2.30. The van der Waals surface area contributed by atoms with E-state index in [0.717, 1.165) is 36.2 Å². The third-order valence-corrected chi connectivity index (χ3v) is 6.72. The molecule has 0 saturated carbocycles. The molecule has 0 aromatic heterocycles. The van der Waals surface area contributed by atoms with Crippen molar-refractivity contribution in [3.8, 4) is 0 Å². The summed E-state index contributed by atoms with van der Waals surface area (Å²) in [5, 5.41) is 2.40. The third kappa shape index (κ3) is 5.43. The Morgan fingerprint density at radius 3 is 2.39 bits per heavy atom. The monoisotopic (exact) mass is 454 g/mol. The first kappa shape index (κ1) is 22.8. The van der Waals surface area contributed by atoms with Gasteiger partial charge in [-0.05, 0) is 60.9 Å². The van der Waals surface area contributed by atoms with Gasteiger partial charge in [0.2, 0.25) is 11.8 Å². The Kier molecular flexibility index (Phi) is 6.40. The molecule has 2 amide bonds. The number of amides is 2. The fourth-order valence-corrected chi connectivity index (χ4v) is 4.69. The van der Waals surface area contributed by atoms with Crippen LogP contribution in [0.1, 0.15) is 30.9 Å². The summed E-state index contributed by atoms with van der Waals surface area (Å²) in [6.07, 6.45) is -3.45. The molecule has 31 heavy (non-hydrogen) atoms. The highest BCUT2D eigenvalue weighted by Crippen LogP contribution is 2.31. The second kappa shape index (κ2) is 8.70. The van der Waals surface area contributed by atoms with Gasteiger partial charge in [-0.25, -0.2) is 8.42 Å². The molecular weight excluding hydrogens is 433 g/mol. The minimum atomic E-state index is -4.48. The zero-order valence-corrected chi connectivity index (χ0v) is 17.5. The van der Waals surface area contributed by atoms with E-state index in [2.05, 4.69) is 5.32 Å². The van der Waals surface area contributed by atoms with Crippen LogP contribution in [-0.4, -0.2) is 32.5 Å². The first-order valence-electron chi connectivity index (χ1n) is 9.58. The fourth-order valence-electron chi connectivity index (χ4n) is 3.40. The van der Waals surface area contributed by atoms with Gasteiger partial charge in [0.1, 0.15) is 0 Å². The molecule has 166 valence electrons. The summed E-state index contributed by atoms with van der Waals surface area (Å²) in [6.45, 7) is 2.04. The molecule has 2 aromatic carbocycles. The van der Waals surface area contributed by atoms with Crippen molar-refractivity contribution in [2.45, 2.75) is 37.3 Å². The SMILES string of the molecule is CC(=O)N1CCCc2cc(S(=O)(=O)CCC(=O)Nc3ccc(C(F)(F)F)cc3)ccc21. The predicted molar refractivity (Wildman–Crippen MR) is 110 cm³/mol. The molecule has 0 unspecified atom stereocenters. The summed E-state index contributed by atoms with van der Waals surface area (Å²) < 4.78 is 63.1. The lowest BCUT2D eigenvalue weighted by atomic mass is 10.0. The predicted octanol–water partition coefficient (Wildman–Crippen LogP) is 3.81. The maximum Gasteiger partial charge on any atom is 0.416 e. The Morgan fingerprint density at radius 1 is 1.10 bits per heavy atom. The van der Waals surface area contributed by atoms with E-state index in [-0.39, 0.29) is 22.9 Å². The first-order chi connectivity index (χ1) is 14.5. The Balaban J connectivity index is 1.65. The number of rotatable bonds is 5. The molecular formula is C21H21F3N2O4S. The Bertz CT molecular complexity index is 1100. The van der Waals surface area contributed by atoms with Crippen molar-refractivity contribution in [1.82, 2.24) is 0 Å². The topological polar surface area (TPSA) is 83.6 Å². The van der Waals surface area contributed by atoms with Crippen LogP contribution in [0.4, 0.5) is 24.5 Å². The number of alkyl halides is 3. The summed E-state index contributed by atoms with van der Waals surface area (Å²) >= 11 is 0. The molecule has 1 aliphatic rings. The molecule has 0 fully saturated rings. The van der Waals surface area contributed by atoms with Crippen LogP contribution in [0, 0.1) is 0 Å². The maximum atomic E-state index is 12.7. The minimum absolute atomic E-state index is 0.0685. The van der Waals surface area contributed by atoms with E-state index in [0.29, 0.717) is 18.7 Å². The number of fused-ring (bicyclic) bond motifs is 1. The minimum Gasteiger partial charge on any atom is -0.326 e. The summed E-state index contributed by atoms with van der Waals surface area (Å²) in [4.78, 5) is 25.5. The number of benzene rings is 2. The molecule has 0 spiro atoms. The normalized spacial score (nSPS) is 14.1. The number of halogens is 3. The van der Waals surface area contributed by atoms with Gasteiger partial charge in [-0.15, -0.1) is 0 Å². The van der Waals surface area contributed by atoms with Crippen molar-refractivity contribution < 1.29 is 31.2 Å². The van der Waals surface area contributed by atoms with E-state index in [1.54, 1.807) is 11.0 Å². The van der Waals surface area contributed by atoms with Gasteiger partial charge in [0.05, 0.1) is 16.2 Å². The van der Waals surface area contributed by atoms with E-state index in [4.69, 9.17) is 0 Å². The molecule has 2 aromatic rings. The average Bonchev–Trinajstić information content (AvgIpc) is 2.71. The molecule has 1 N–H and O–H groups in total. The van der Waals surface area contributed by atoms with Gasteiger partial charge in [0.15, 0.2) is 9.84 Å². The van der Waals surface area contributed by atoms with Crippen molar-refractivity contribution in [3.63, 3.8) is 0 Å². The second-order valence-corrected chi connectivity index (χ2v) is 9.37. The van der Waals surface area contributed by atoms with Gasteiger partial charge in [0.25, 0.3) is 0 Å².